The summed E-state index contributed by atoms with van der Waals surface area (Å²) in [7, 11) is 1.56. The van der Waals surface area contributed by atoms with Gasteiger partial charge < -0.3 is 15.2 Å². The van der Waals surface area contributed by atoms with Crippen LogP contribution in [-0.2, 0) is 17.9 Å². The van der Waals surface area contributed by atoms with Crippen LogP contribution in [0.4, 0.5) is 4.39 Å². The fourth-order valence-corrected chi connectivity index (χ4v) is 4.66. The number of rotatable bonds is 6. The molecule has 1 fully saturated rings. The molecule has 0 bridgehead atoms. The number of imidazole rings is 1. The predicted octanol–water partition coefficient (Wildman–Crippen LogP) is 3.50. The van der Waals surface area contributed by atoms with Crippen molar-refractivity contribution in [1.82, 2.24) is 25.1 Å². The summed E-state index contributed by atoms with van der Waals surface area (Å²) in [6.45, 7) is 10.7. The number of carbonyl (C=O) groups is 2. The van der Waals surface area contributed by atoms with Gasteiger partial charge in [-0.25, -0.2) is 9.37 Å². The van der Waals surface area contributed by atoms with E-state index < -0.39 is 17.4 Å². The molecule has 0 spiro atoms. The highest BCUT2D eigenvalue weighted by Crippen LogP contribution is 2.33. The summed E-state index contributed by atoms with van der Waals surface area (Å²) in [5.41, 5.74) is 1.79. The average Bonchev–Trinajstić information content (AvgIpc) is 3.55. The molecule has 0 unspecified atom stereocenters. The summed E-state index contributed by atoms with van der Waals surface area (Å²) >= 11 is 0. The molecule has 0 radical (unpaired) electrons. The van der Waals surface area contributed by atoms with Crippen LogP contribution < -0.4 is 10.6 Å². The minimum absolute atomic E-state index is 0.258. The Morgan fingerprint density at radius 1 is 1.24 bits per heavy atom. The number of nitrogens with one attached hydrogen (secondary N) is 2. The van der Waals surface area contributed by atoms with Gasteiger partial charge in [0, 0.05) is 33.2 Å². The van der Waals surface area contributed by atoms with Crippen LogP contribution in [0, 0.1) is 24.1 Å². The second-order valence-electron chi connectivity index (χ2n) is 10.8. The third-order valence-electron chi connectivity index (χ3n) is 6.75. The number of fused-ring (bicyclic) bond motifs is 1. The molecule has 1 aromatic heterocycles. The van der Waals surface area contributed by atoms with Crippen molar-refractivity contribution < 1.29 is 14.0 Å². The highest BCUT2D eigenvalue weighted by atomic mass is 19.1. The molecular weight excluding hydrogens is 433 g/mol. The lowest BCUT2D eigenvalue weighted by Crippen LogP contribution is -2.53. The Hall–Kier alpha value is -2.74. The van der Waals surface area contributed by atoms with Gasteiger partial charge in [-0.1, -0.05) is 26.8 Å². The Kier molecular flexibility index (Phi) is 6.80. The first-order chi connectivity index (χ1) is 16.1. The van der Waals surface area contributed by atoms with Gasteiger partial charge in [-0.15, -0.1) is 0 Å². The van der Waals surface area contributed by atoms with Crippen LogP contribution in [0.2, 0.25) is 0 Å². The molecule has 2 amide bonds. The Morgan fingerprint density at radius 2 is 1.97 bits per heavy atom. The lowest BCUT2D eigenvalue weighted by Gasteiger charge is -2.29. The molecule has 1 atom stereocenters. The normalized spacial score (nSPS) is 17.6. The van der Waals surface area contributed by atoms with Crippen molar-refractivity contribution in [3.8, 4) is 11.4 Å². The third kappa shape index (κ3) is 5.17. The monoisotopic (exact) mass is 469 g/mol. The molecule has 7 nitrogen and oxygen atoms in total. The fourth-order valence-electron chi connectivity index (χ4n) is 4.66. The maximum Gasteiger partial charge on any atom is 0.272 e. The summed E-state index contributed by atoms with van der Waals surface area (Å²) in [4.78, 5) is 33.2. The van der Waals surface area contributed by atoms with Crippen molar-refractivity contribution in [3.63, 3.8) is 0 Å². The highest BCUT2D eigenvalue weighted by Gasteiger charge is 2.35. The number of aromatic nitrogens is 2. The lowest BCUT2D eigenvalue weighted by molar-refractivity contribution is -0.124. The molecule has 1 aliphatic carbocycles. The molecule has 34 heavy (non-hydrogen) atoms. The third-order valence-corrected chi connectivity index (χ3v) is 6.75. The predicted molar refractivity (Wildman–Crippen MR) is 130 cm³/mol. The maximum atomic E-state index is 15.0. The first kappa shape index (κ1) is 24.4. The van der Waals surface area contributed by atoms with Crippen LogP contribution in [0.5, 0.6) is 0 Å². The topological polar surface area (TPSA) is 79.3 Å². The van der Waals surface area contributed by atoms with E-state index in [1.807, 2.05) is 38.3 Å². The number of likely N-dealkylation sites (N-methyl/N-ethyl adjacent to an activating group) is 1. The van der Waals surface area contributed by atoms with Crippen molar-refractivity contribution >= 4 is 11.8 Å². The van der Waals surface area contributed by atoms with Crippen LogP contribution in [0.15, 0.2) is 18.2 Å². The Bertz CT molecular complexity index is 1080. The van der Waals surface area contributed by atoms with Crippen molar-refractivity contribution in [2.24, 2.45) is 11.3 Å². The number of halogens is 1. The standard InChI is InChI=1S/C26H36FN5O2/c1-16-7-10-18(19(27)13-16)23-29-21(24(33)30-22(25(34)28-5)26(2,3)4)20-15-31(14-17-8-9-17)11-6-12-32(20)23/h7,10,13,17,22H,6,8-9,11-12,14-15H2,1-5H3,(H,28,34)(H,30,33)/t22-/m1/s1. The maximum absolute atomic E-state index is 15.0. The van der Waals surface area contributed by atoms with Gasteiger partial charge in [-0.3, -0.25) is 14.5 Å². The van der Waals surface area contributed by atoms with Crippen molar-refractivity contribution in [2.75, 3.05) is 20.1 Å². The van der Waals surface area contributed by atoms with Gasteiger partial charge in [0.25, 0.3) is 5.91 Å². The highest BCUT2D eigenvalue weighted by molar-refractivity contribution is 5.97. The molecule has 2 heterocycles. The molecule has 4 rings (SSSR count). The van der Waals surface area contributed by atoms with Crippen LogP contribution in [0.3, 0.4) is 0 Å². The molecule has 0 saturated heterocycles. The van der Waals surface area contributed by atoms with Gasteiger partial charge in [-0.05, 0) is 55.2 Å². The molecule has 2 N–H and O–H groups in total. The van der Waals surface area contributed by atoms with E-state index in [0.29, 0.717) is 24.5 Å². The Morgan fingerprint density at radius 3 is 2.59 bits per heavy atom. The summed E-state index contributed by atoms with van der Waals surface area (Å²) in [6, 6.07) is 4.36. The van der Waals surface area contributed by atoms with Crippen LogP contribution >= 0.6 is 0 Å². The van der Waals surface area contributed by atoms with Gasteiger partial charge in [0.15, 0.2) is 5.69 Å². The van der Waals surface area contributed by atoms with Gasteiger partial charge in [-0.2, -0.15) is 0 Å². The fraction of sp³-hybridized carbons (Fsp3) is 0.577. The van der Waals surface area contributed by atoms with E-state index >= 15 is 0 Å². The van der Waals surface area contributed by atoms with Crippen LogP contribution in [0.25, 0.3) is 11.4 Å². The molecule has 1 saturated carbocycles. The summed E-state index contributed by atoms with van der Waals surface area (Å²) in [5.74, 6) is 0.180. The number of aryl methyl sites for hydroxylation is 1. The van der Waals surface area contributed by atoms with E-state index in [0.717, 1.165) is 36.7 Å². The smallest absolute Gasteiger partial charge is 0.272 e. The van der Waals surface area contributed by atoms with E-state index in [-0.39, 0.29) is 17.4 Å². The SMILES string of the molecule is CNC(=O)[C@@H](NC(=O)c1nc(-c2ccc(C)cc2F)n2c1CN(CC1CC1)CCC2)C(C)(C)C. The quantitative estimate of drug-likeness (QED) is 0.679. The van der Waals surface area contributed by atoms with Crippen molar-refractivity contribution in [3.05, 3.63) is 41.0 Å². The Labute approximate surface area is 201 Å². The van der Waals surface area contributed by atoms with E-state index in [9.17, 15) is 14.0 Å². The zero-order valence-corrected chi connectivity index (χ0v) is 20.9. The summed E-state index contributed by atoms with van der Waals surface area (Å²) in [6.07, 6.45) is 3.41. The second-order valence-corrected chi connectivity index (χ2v) is 10.8. The van der Waals surface area contributed by atoms with Gasteiger partial charge in [0.05, 0.1) is 11.3 Å². The van der Waals surface area contributed by atoms with E-state index in [2.05, 4.69) is 15.5 Å². The second kappa shape index (κ2) is 9.49. The number of benzene rings is 1. The van der Waals surface area contributed by atoms with Gasteiger partial charge in [0.1, 0.15) is 17.7 Å². The number of hydrogen-bond donors (Lipinski definition) is 2. The van der Waals surface area contributed by atoms with E-state index in [1.165, 1.54) is 18.9 Å². The molecular formula is C26H36FN5O2. The zero-order valence-electron chi connectivity index (χ0n) is 20.9. The van der Waals surface area contributed by atoms with Crippen molar-refractivity contribution in [2.45, 2.75) is 66.1 Å². The molecule has 184 valence electrons. The summed E-state index contributed by atoms with van der Waals surface area (Å²) in [5, 5.41) is 5.55. The van der Waals surface area contributed by atoms with Gasteiger partial charge >= 0.3 is 0 Å². The number of amides is 2. The number of carbonyl (C=O) groups excluding carboxylic acids is 2. The van der Waals surface area contributed by atoms with Crippen molar-refractivity contribution in [1.29, 1.82) is 0 Å². The van der Waals surface area contributed by atoms with Gasteiger partial charge in [0.2, 0.25) is 5.91 Å². The number of nitrogens with zero attached hydrogens (tertiary/aromatic N) is 3. The molecule has 1 aliphatic heterocycles. The molecule has 8 heteroatoms. The van der Waals surface area contributed by atoms with E-state index in [4.69, 9.17) is 4.98 Å². The summed E-state index contributed by atoms with van der Waals surface area (Å²) < 4.78 is 17.0. The zero-order chi connectivity index (χ0) is 24.6. The Balaban J connectivity index is 1.75. The number of hydrogen-bond acceptors (Lipinski definition) is 4. The largest absolute Gasteiger partial charge is 0.357 e. The van der Waals surface area contributed by atoms with Crippen LogP contribution in [0.1, 0.15) is 61.8 Å². The first-order valence-electron chi connectivity index (χ1n) is 12.2. The average molecular weight is 470 g/mol. The van der Waals surface area contributed by atoms with Crippen LogP contribution in [-0.4, -0.2) is 52.4 Å². The molecule has 2 aromatic rings. The van der Waals surface area contributed by atoms with E-state index in [1.54, 1.807) is 13.1 Å². The minimum atomic E-state index is -0.727. The molecule has 1 aromatic carbocycles. The lowest BCUT2D eigenvalue weighted by atomic mass is 9.86. The first-order valence-corrected chi connectivity index (χ1v) is 12.2. The molecule has 2 aliphatic rings. The minimum Gasteiger partial charge on any atom is -0.357 e.